The van der Waals surface area contributed by atoms with E-state index in [0.717, 1.165) is 27.9 Å². The van der Waals surface area contributed by atoms with Gasteiger partial charge in [0, 0.05) is 27.7 Å². The van der Waals surface area contributed by atoms with Gasteiger partial charge in [-0.2, -0.15) is 5.10 Å². The molecule has 0 saturated carbocycles. The number of aromatic amines is 1. The summed E-state index contributed by atoms with van der Waals surface area (Å²) in [6, 6.07) is 24.6. The van der Waals surface area contributed by atoms with Crippen molar-refractivity contribution in [1.29, 1.82) is 0 Å². The van der Waals surface area contributed by atoms with Crippen LogP contribution in [0.1, 0.15) is 33.2 Å². The monoisotopic (exact) mass is 433 g/mol. The Bertz CT molecular complexity index is 1240. The largest absolute Gasteiger partial charge is 0.322 e. The number of nitrogens with zero attached hydrogens (tertiary/aromatic N) is 2. The summed E-state index contributed by atoms with van der Waals surface area (Å²) in [4.78, 5) is 15.2. The summed E-state index contributed by atoms with van der Waals surface area (Å²) >= 11 is 13.0. The molecule has 0 fully saturated rings. The van der Waals surface area contributed by atoms with E-state index in [2.05, 4.69) is 10.2 Å². The number of amides is 1. The number of halogens is 2. The van der Waals surface area contributed by atoms with Gasteiger partial charge in [-0.05, 0) is 23.3 Å². The molecular formula is C24H17Cl2N3O. The van der Waals surface area contributed by atoms with Gasteiger partial charge < -0.3 is 4.90 Å². The van der Waals surface area contributed by atoms with E-state index in [1.807, 2.05) is 78.9 Å². The van der Waals surface area contributed by atoms with Crippen LogP contribution in [0.5, 0.6) is 0 Å². The molecule has 1 aliphatic rings. The first-order valence-electron chi connectivity index (χ1n) is 9.57. The molecule has 148 valence electrons. The summed E-state index contributed by atoms with van der Waals surface area (Å²) in [6.45, 7) is 0.366. The number of nitrogens with one attached hydrogen (secondary N) is 1. The SMILES string of the molecule is O=C1c2[nH]nc(-c3ccccc3)c2C(c2ccccc2Cl)N1Cc1ccccc1Cl. The van der Waals surface area contributed by atoms with Crippen LogP contribution in [0.3, 0.4) is 0 Å². The van der Waals surface area contributed by atoms with Crippen molar-refractivity contribution in [3.63, 3.8) is 0 Å². The molecule has 1 aromatic heterocycles. The molecule has 1 atom stereocenters. The van der Waals surface area contributed by atoms with E-state index in [4.69, 9.17) is 23.2 Å². The van der Waals surface area contributed by atoms with E-state index in [9.17, 15) is 4.79 Å². The van der Waals surface area contributed by atoms with Gasteiger partial charge in [0.2, 0.25) is 0 Å². The maximum Gasteiger partial charge on any atom is 0.273 e. The average Bonchev–Trinajstić information content (AvgIpc) is 3.31. The van der Waals surface area contributed by atoms with Crippen molar-refractivity contribution >= 4 is 29.1 Å². The highest BCUT2D eigenvalue weighted by atomic mass is 35.5. The Balaban J connectivity index is 1.68. The third kappa shape index (κ3) is 3.09. The zero-order chi connectivity index (χ0) is 20.7. The minimum Gasteiger partial charge on any atom is -0.322 e. The smallest absolute Gasteiger partial charge is 0.273 e. The number of carbonyl (C=O) groups excluding carboxylic acids is 1. The fraction of sp³-hybridized carbons (Fsp3) is 0.0833. The van der Waals surface area contributed by atoms with Crippen LogP contribution in [0.15, 0.2) is 78.9 Å². The second kappa shape index (κ2) is 7.63. The van der Waals surface area contributed by atoms with Crippen molar-refractivity contribution in [2.45, 2.75) is 12.6 Å². The van der Waals surface area contributed by atoms with E-state index in [1.54, 1.807) is 4.90 Å². The zero-order valence-corrected chi connectivity index (χ0v) is 17.4. The number of fused-ring (bicyclic) bond motifs is 1. The van der Waals surface area contributed by atoms with Crippen LogP contribution in [0.2, 0.25) is 10.0 Å². The highest BCUT2D eigenvalue weighted by Gasteiger charge is 2.43. The Kier molecular flexibility index (Phi) is 4.81. The number of carbonyl (C=O) groups is 1. The maximum atomic E-state index is 13.4. The number of aromatic nitrogens is 2. The van der Waals surface area contributed by atoms with Crippen molar-refractivity contribution in [2.75, 3.05) is 0 Å². The summed E-state index contributed by atoms with van der Waals surface area (Å²) in [6.07, 6.45) is 0. The van der Waals surface area contributed by atoms with Gasteiger partial charge in [-0.15, -0.1) is 0 Å². The number of H-pyrrole nitrogens is 1. The van der Waals surface area contributed by atoms with E-state index in [0.29, 0.717) is 22.3 Å². The van der Waals surface area contributed by atoms with Gasteiger partial charge in [0.25, 0.3) is 5.91 Å². The Labute approximate surface area is 184 Å². The number of hydrogen-bond acceptors (Lipinski definition) is 2. The van der Waals surface area contributed by atoms with Gasteiger partial charge in [0.05, 0.1) is 11.7 Å². The van der Waals surface area contributed by atoms with Gasteiger partial charge >= 0.3 is 0 Å². The lowest BCUT2D eigenvalue weighted by Crippen LogP contribution is -2.29. The molecule has 0 radical (unpaired) electrons. The zero-order valence-electron chi connectivity index (χ0n) is 15.8. The summed E-state index contributed by atoms with van der Waals surface area (Å²) in [7, 11) is 0. The van der Waals surface area contributed by atoms with Crippen LogP contribution in [-0.2, 0) is 6.54 Å². The molecule has 1 amide bonds. The Morgan fingerprint density at radius 3 is 2.27 bits per heavy atom. The van der Waals surface area contributed by atoms with Crippen LogP contribution < -0.4 is 0 Å². The minimum atomic E-state index is -0.369. The van der Waals surface area contributed by atoms with E-state index in [1.165, 1.54) is 0 Å². The predicted molar refractivity (Wildman–Crippen MR) is 119 cm³/mol. The van der Waals surface area contributed by atoms with Crippen LogP contribution >= 0.6 is 23.2 Å². The van der Waals surface area contributed by atoms with Gasteiger partial charge in [0.1, 0.15) is 5.69 Å². The highest BCUT2D eigenvalue weighted by Crippen LogP contribution is 2.45. The van der Waals surface area contributed by atoms with E-state index >= 15 is 0 Å². The summed E-state index contributed by atoms with van der Waals surface area (Å²) in [5.41, 5.74) is 4.77. The fourth-order valence-corrected chi connectivity index (χ4v) is 4.44. The lowest BCUT2D eigenvalue weighted by atomic mass is 9.96. The summed E-state index contributed by atoms with van der Waals surface area (Å²) in [5.74, 6) is -0.121. The molecule has 0 aliphatic carbocycles. The lowest BCUT2D eigenvalue weighted by Gasteiger charge is -2.27. The normalized spacial score (nSPS) is 15.5. The number of rotatable bonds is 4. The Morgan fingerprint density at radius 2 is 1.53 bits per heavy atom. The number of hydrogen-bond donors (Lipinski definition) is 1. The van der Waals surface area contributed by atoms with Crippen molar-refractivity contribution < 1.29 is 4.79 Å². The molecule has 0 bridgehead atoms. The minimum absolute atomic E-state index is 0.121. The molecule has 5 rings (SSSR count). The van der Waals surface area contributed by atoms with Crippen molar-refractivity contribution in [2.24, 2.45) is 0 Å². The fourth-order valence-electron chi connectivity index (χ4n) is 4.01. The van der Waals surface area contributed by atoms with Gasteiger partial charge in [-0.25, -0.2) is 0 Å². The molecule has 0 saturated heterocycles. The first-order valence-corrected chi connectivity index (χ1v) is 10.3. The van der Waals surface area contributed by atoms with Crippen LogP contribution in [0.4, 0.5) is 0 Å². The molecule has 1 N–H and O–H groups in total. The molecule has 1 unspecified atom stereocenters. The lowest BCUT2D eigenvalue weighted by molar-refractivity contribution is 0.0730. The van der Waals surface area contributed by atoms with Crippen LogP contribution in [-0.4, -0.2) is 21.0 Å². The third-order valence-electron chi connectivity index (χ3n) is 5.41. The molecule has 2 heterocycles. The number of benzene rings is 3. The first kappa shape index (κ1) is 18.9. The van der Waals surface area contributed by atoms with E-state index < -0.39 is 0 Å². The first-order chi connectivity index (χ1) is 14.6. The third-order valence-corrected chi connectivity index (χ3v) is 6.12. The maximum absolute atomic E-state index is 13.4. The van der Waals surface area contributed by atoms with Crippen molar-refractivity contribution in [3.8, 4) is 11.3 Å². The van der Waals surface area contributed by atoms with Gasteiger partial charge in [-0.3, -0.25) is 9.89 Å². The molecular weight excluding hydrogens is 417 g/mol. The topological polar surface area (TPSA) is 49.0 Å². The van der Waals surface area contributed by atoms with E-state index in [-0.39, 0.29) is 11.9 Å². The molecule has 4 nitrogen and oxygen atoms in total. The van der Waals surface area contributed by atoms with Crippen molar-refractivity contribution in [1.82, 2.24) is 15.1 Å². The van der Waals surface area contributed by atoms with Crippen LogP contribution in [0, 0.1) is 0 Å². The predicted octanol–water partition coefficient (Wildman–Crippen LogP) is 6.13. The molecule has 30 heavy (non-hydrogen) atoms. The molecule has 0 spiro atoms. The quantitative estimate of drug-likeness (QED) is 0.420. The van der Waals surface area contributed by atoms with Gasteiger partial charge in [0.15, 0.2) is 0 Å². The van der Waals surface area contributed by atoms with Crippen LogP contribution in [0.25, 0.3) is 11.3 Å². The molecule has 3 aromatic carbocycles. The highest BCUT2D eigenvalue weighted by molar-refractivity contribution is 6.31. The molecule has 4 aromatic rings. The standard InChI is InChI=1S/C24H17Cl2N3O/c25-18-12-6-4-10-16(18)14-29-23(17-11-5-7-13-19(17)26)20-21(15-8-2-1-3-9-15)27-28-22(20)24(29)30/h1-13,23H,14H2,(H,27,28). The summed E-state index contributed by atoms with van der Waals surface area (Å²) < 4.78 is 0. The van der Waals surface area contributed by atoms with Crippen molar-refractivity contribution in [3.05, 3.63) is 111 Å². The molecule has 1 aliphatic heterocycles. The Hall–Kier alpha value is -3.08. The molecule has 6 heteroatoms. The Morgan fingerprint density at radius 1 is 0.867 bits per heavy atom. The van der Waals surface area contributed by atoms with Gasteiger partial charge in [-0.1, -0.05) is 89.9 Å². The second-order valence-corrected chi connectivity index (χ2v) is 7.99. The summed E-state index contributed by atoms with van der Waals surface area (Å²) in [5, 5.41) is 8.68. The second-order valence-electron chi connectivity index (χ2n) is 7.18. The average molecular weight is 434 g/mol.